The number of nitrogens with zero attached hydrogens (tertiary/aromatic N) is 5. The number of hydrogen-bond acceptors (Lipinski definition) is 8. The van der Waals surface area contributed by atoms with Gasteiger partial charge >= 0.3 is 0 Å². The van der Waals surface area contributed by atoms with E-state index in [0.29, 0.717) is 29.1 Å². The van der Waals surface area contributed by atoms with E-state index in [1.807, 2.05) is 32.0 Å². The maximum Gasteiger partial charge on any atom is 0.264 e. The van der Waals surface area contributed by atoms with E-state index in [4.69, 9.17) is 9.47 Å². The molecule has 3 heterocycles. The highest BCUT2D eigenvalue weighted by Crippen LogP contribution is 2.43. The SMILES string of the molecule is CCOc1ccc(C(C2Sc3nc(C)nn3C2=O)N2CCN(c3ccccc3)CC2)cc1OC. The number of rotatable bonds is 7. The quantitative estimate of drug-likeness (QED) is 0.508. The molecule has 0 spiro atoms. The van der Waals surface area contributed by atoms with Crippen molar-refractivity contribution in [2.24, 2.45) is 0 Å². The molecule has 2 unspecified atom stereocenters. The molecule has 9 heteroatoms. The van der Waals surface area contributed by atoms with Gasteiger partial charge in [0.1, 0.15) is 11.1 Å². The van der Waals surface area contributed by atoms with E-state index in [1.54, 1.807) is 7.11 Å². The third kappa shape index (κ3) is 4.25. The van der Waals surface area contributed by atoms with Crippen molar-refractivity contribution in [3.8, 4) is 11.5 Å². The zero-order valence-electron chi connectivity index (χ0n) is 19.7. The molecule has 0 amide bonds. The van der Waals surface area contributed by atoms with Crippen LogP contribution in [0.2, 0.25) is 0 Å². The minimum Gasteiger partial charge on any atom is -0.493 e. The van der Waals surface area contributed by atoms with Crippen LogP contribution in [0.3, 0.4) is 0 Å². The predicted molar refractivity (Wildman–Crippen MR) is 132 cm³/mol. The van der Waals surface area contributed by atoms with Crippen LogP contribution in [0.1, 0.15) is 29.1 Å². The minimum atomic E-state index is -0.332. The van der Waals surface area contributed by atoms with E-state index >= 15 is 0 Å². The maximum absolute atomic E-state index is 13.4. The van der Waals surface area contributed by atoms with Crippen LogP contribution < -0.4 is 14.4 Å². The second kappa shape index (κ2) is 9.68. The number of carbonyl (C=O) groups is 1. The molecule has 178 valence electrons. The Balaban J connectivity index is 1.45. The molecule has 0 bridgehead atoms. The van der Waals surface area contributed by atoms with Crippen molar-refractivity contribution >= 4 is 23.4 Å². The zero-order chi connectivity index (χ0) is 23.7. The first kappa shape index (κ1) is 22.7. The molecule has 2 atom stereocenters. The van der Waals surface area contributed by atoms with Crippen LogP contribution in [0, 0.1) is 6.92 Å². The zero-order valence-corrected chi connectivity index (χ0v) is 20.5. The molecule has 34 heavy (non-hydrogen) atoms. The Labute approximate surface area is 203 Å². The highest BCUT2D eigenvalue weighted by atomic mass is 32.2. The van der Waals surface area contributed by atoms with Gasteiger partial charge in [0.25, 0.3) is 5.91 Å². The molecule has 2 aliphatic heterocycles. The number of carbonyl (C=O) groups excluding carboxylic acids is 1. The summed E-state index contributed by atoms with van der Waals surface area (Å²) in [6.07, 6.45) is 0. The van der Waals surface area contributed by atoms with E-state index in [-0.39, 0.29) is 17.2 Å². The summed E-state index contributed by atoms with van der Waals surface area (Å²) in [5.41, 5.74) is 2.26. The second-order valence-corrected chi connectivity index (χ2v) is 9.49. The molecule has 2 aliphatic rings. The number of aromatic nitrogens is 3. The smallest absolute Gasteiger partial charge is 0.264 e. The largest absolute Gasteiger partial charge is 0.493 e. The van der Waals surface area contributed by atoms with Crippen LogP contribution in [0.15, 0.2) is 53.7 Å². The predicted octanol–water partition coefficient (Wildman–Crippen LogP) is 3.67. The molecule has 1 fully saturated rings. The molecule has 8 nitrogen and oxygen atoms in total. The summed E-state index contributed by atoms with van der Waals surface area (Å²) in [6.45, 7) is 7.79. The fourth-order valence-electron chi connectivity index (χ4n) is 4.72. The van der Waals surface area contributed by atoms with Gasteiger partial charge in [0, 0.05) is 31.9 Å². The average molecular weight is 480 g/mol. The van der Waals surface area contributed by atoms with E-state index in [9.17, 15) is 4.79 Å². The van der Waals surface area contributed by atoms with Crippen LogP contribution in [0.5, 0.6) is 11.5 Å². The third-order valence-corrected chi connectivity index (χ3v) is 7.50. The lowest BCUT2D eigenvalue weighted by Gasteiger charge is -2.41. The molecule has 5 rings (SSSR count). The standard InChI is InChI=1S/C25H29N5O3S/c1-4-33-20-11-10-18(16-21(20)32-3)22(23-24(31)30-25(34-23)26-17(2)27-30)29-14-12-28(13-15-29)19-8-6-5-7-9-19/h5-11,16,22-23H,4,12-15H2,1-3H3. The van der Waals surface area contributed by atoms with Gasteiger partial charge in [0.05, 0.1) is 19.8 Å². The van der Waals surface area contributed by atoms with Crippen molar-refractivity contribution in [2.75, 3.05) is 44.8 Å². The van der Waals surface area contributed by atoms with E-state index in [2.05, 4.69) is 50.2 Å². The van der Waals surface area contributed by atoms with Gasteiger partial charge in [0.2, 0.25) is 0 Å². The van der Waals surface area contributed by atoms with Gasteiger partial charge in [-0.1, -0.05) is 36.0 Å². The van der Waals surface area contributed by atoms with E-state index in [1.165, 1.54) is 22.1 Å². The lowest BCUT2D eigenvalue weighted by Crippen LogP contribution is -2.50. The number of piperazine rings is 1. The average Bonchev–Trinajstić information content (AvgIpc) is 3.38. The van der Waals surface area contributed by atoms with Crippen molar-refractivity contribution in [2.45, 2.75) is 30.3 Å². The van der Waals surface area contributed by atoms with Gasteiger partial charge in [0.15, 0.2) is 16.7 Å². The molecular formula is C25H29N5O3S. The van der Waals surface area contributed by atoms with Crippen molar-refractivity contribution in [3.05, 3.63) is 59.9 Å². The Hall–Kier alpha value is -3.04. The van der Waals surface area contributed by atoms with E-state index in [0.717, 1.165) is 31.7 Å². The summed E-state index contributed by atoms with van der Waals surface area (Å²) < 4.78 is 12.8. The van der Waals surface area contributed by atoms with Gasteiger partial charge < -0.3 is 14.4 Å². The monoisotopic (exact) mass is 479 g/mol. The Morgan fingerprint density at radius 3 is 2.53 bits per heavy atom. The normalized spacial score (nSPS) is 19.2. The molecular weight excluding hydrogens is 450 g/mol. The molecule has 1 aromatic heterocycles. The van der Waals surface area contributed by atoms with Gasteiger partial charge in [-0.25, -0.2) is 4.98 Å². The van der Waals surface area contributed by atoms with Gasteiger partial charge in [-0.05, 0) is 43.7 Å². The van der Waals surface area contributed by atoms with Crippen molar-refractivity contribution in [1.29, 1.82) is 0 Å². The number of thioether (sulfide) groups is 1. The molecule has 3 aromatic rings. The Morgan fingerprint density at radius 2 is 1.85 bits per heavy atom. The number of benzene rings is 2. The van der Waals surface area contributed by atoms with Crippen molar-refractivity contribution < 1.29 is 14.3 Å². The molecule has 1 saturated heterocycles. The Bertz CT molecular complexity index is 1160. The number of methoxy groups -OCH3 is 1. The van der Waals surface area contributed by atoms with E-state index < -0.39 is 0 Å². The van der Waals surface area contributed by atoms with Gasteiger partial charge in [-0.2, -0.15) is 4.68 Å². The summed E-state index contributed by atoms with van der Waals surface area (Å²) in [4.78, 5) is 22.7. The highest BCUT2D eigenvalue weighted by molar-refractivity contribution is 8.00. The summed E-state index contributed by atoms with van der Waals surface area (Å²) >= 11 is 1.50. The Kier molecular flexibility index (Phi) is 6.47. The summed E-state index contributed by atoms with van der Waals surface area (Å²) in [5.74, 6) is 1.97. The van der Waals surface area contributed by atoms with Gasteiger partial charge in [-0.15, -0.1) is 5.10 Å². The molecule has 0 aliphatic carbocycles. The third-order valence-electron chi connectivity index (χ3n) is 6.31. The lowest BCUT2D eigenvalue weighted by atomic mass is 9.99. The van der Waals surface area contributed by atoms with Crippen LogP contribution in [0.4, 0.5) is 5.69 Å². The first-order valence-electron chi connectivity index (χ1n) is 11.6. The summed E-state index contributed by atoms with van der Waals surface area (Å²) in [7, 11) is 1.65. The molecule has 0 saturated carbocycles. The van der Waals surface area contributed by atoms with Crippen LogP contribution in [-0.4, -0.2) is 70.7 Å². The van der Waals surface area contributed by atoms with Crippen molar-refractivity contribution in [1.82, 2.24) is 19.7 Å². The number of ether oxygens (including phenoxy) is 2. The molecule has 0 N–H and O–H groups in total. The summed E-state index contributed by atoms with van der Waals surface area (Å²) in [5, 5.41) is 4.66. The number of anilines is 1. The lowest BCUT2D eigenvalue weighted by molar-refractivity contribution is 0.0830. The minimum absolute atomic E-state index is 0.0241. The number of para-hydroxylation sites is 1. The van der Waals surface area contributed by atoms with Crippen molar-refractivity contribution in [3.63, 3.8) is 0 Å². The fraction of sp³-hybridized carbons (Fsp3) is 0.400. The fourth-order valence-corrected chi connectivity index (χ4v) is 6.02. The number of fused-ring (bicyclic) bond motifs is 1. The summed E-state index contributed by atoms with van der Waals surface area (Å²) in [6, 6.07) is 16.3. The number of aryl methyl sites for hydroxylation is 1. The molecule has 2 aromatic carbocycles. The second-order valence-electron chi connectivity index (χ2n) is 8.38. The van der Waals surface area contributed by atoms with Crippen LogP contribution in [0.25, 0.3) is 0 Å². The first-order valence-corrected chi connectivity index (χ1v) is 12.5. The maximum atomic E-state index is 13.4. The van der Waals surface area contributed by atoms with Crippen LogP contribution in [-0.2, 0) is 0 Å². The highest BCUT2D eigenvalue weighted by Gasteiger charge is 2.43. The number of hydrogen-bond donors (Lipinski definition) is 0. The van der Waals surface area contributed by atoms with Crippen LogP contribution >= 0.6 is 11.8 Å². The molecule has 0 radical (unpaired) electrons. The first-order chi connectivity index (χ1) is 16.6. The Morgan fingerprint density at radius 1 is 1.09 bits per heavy atom. The van der Waals surface area contributed by atoms with Gasteiger partial charge in [-0.3, -0.25) is 9.69 Å². The topological polar surface area (TPSA) is 72.7 Å².